The Labute approximate surface area is 283 Å². The fraction of sp³-hybridized carbons (Fsp3) is 0.382. The van der Waals surface area contributed by atoms with E-state index in [0.717, 1.165) is 6.26 Å². The van der Waals surface area contributed by atoms with E-state index in [-0.39, 0.29) is 17.2 Å². The average Bonchev–Trinajstić information content (AvgIpc) is 2.89. The van der Waals surface area contributed by atoms with E-state index >= 15 is 0 Å². The molecule has 14 heteroatoms. The second-order valence-corrected chi connectivity index (χ2v) is 18.1. The summed E-state index contributed by atoms with van der Waals surface area (Å²) in [6, 6.07) is 18.6. The number of hydrogen-bond donors (Lipinski definition) is 0. The van der Waals surface area contributed by atoms with Crippen LogP contribution in [0.1, 0.15) is 62.3 Å². The molecule has 12 nitrogen and oxygen atoms in total. The van der Waals surface area contributed by atoms with Gasteiger partial charge in [-0.2, -0.15) is 8.42 Å². The fourth-order valence-corrected chi connectivity index (χ4v) is 9.02. The van der Waals surface area contributed by atoms with Gasteiger partial charge in [0, 0.05) is 0 Å². The zero-order chi connectivity index (χ0) is 36.1. The zero-order valence-electron chi connectivity index (χ0n) is 28.7. The summed E-state index contributed by atoms with van der Waals surface area (Å²) in [5, 5.41) is 0. The van der Waals surface area contributed by atoms with Gasteiger partial charge < -0.3 is 28.4 Å². The quantitative estimate of drug-likeness (QED) is 0.0725. The summed E-state index contributed by atoms with van der Waals surface area (Å²) in [7, 11) is -7.02. The maximum Gasteiger partial charge on any atom is 0.514 e. The van der Waals surface area contributed by atoms with Crippen LogP contribution in [-0.2, 0) is 24.3 Å². The first-order chi connectivity index (χ1) is 21.9. The van der Waals surface area contributed by atoms with E-state index < -0.39 is 55.7 Å². The van der Waals surface area contributed by atoms with Crippen LogP contribution < -0.4 is 14.2 Å². The van der Waals surface area contributed by atoms with Gasteiger partial charge in [0.25, 0.3) is 0 Å². The Hall–Kier alpha value is -4.27. The van der Waals surface area contributed by atoms with E-state index in [1.165, 1.54) is 36.4 Å². The lowest BCUT2D eigenvalue weighted by atomic mass is 10.2. The van der Waals surface area contributed by atoms with Gasteiger partial charge in [-0.25, -0.2) is 14.4 Å². The maximum absolute atomic E-state index is 13.0. The molecule has 0 bridgehead atoms. The molecule has 0 atom stereocenters. The third-order valence-corrected chi connectivity index (χ3v) is 10.4. The molecule has 0 saturated heterocycles. The predicted molar refractivity (Wildman–Crippen MR) is 180 cm³/mol. The van der Waals surface area contributed by atoms with Crippen molar-refractivity contribution in [3.63, 3.8) is 0 Å². The first-order valence-corrected chi connectivity index (χ1v) is 18.2. The molecule has 262 valence electrons. The number of hydrogen-bond acceptors (Lipinski definition) is 11. The molecule has 3 aromatic rings. The van der Waals surface area contributed by atoms with Gasteiger partial charge in [0.15, 0.2) is 0 Å². The van der Waals surface area contributed by atoms with Crippen molar-refractivity contribution in [2.75, 3.05) is 6.26 Å². The number of carbonyl (C=O) groups is 3. The Balaban J connectivity index is 2.13. The number of benzene rings is 3. The standard InChI is InChI=1S/C34H42O12S2/c1-32(2,3)43-29(35)40-23-11-17-26(18-12-23)48(46-47(10,38)39,27-19-13-24(14-20-27)41-30(36)44-33(4,5)6)28-21-15-25(16-22-28)42-31(37)45-34(7,8)9/h11-22H,1-10H3/p+1. The van der Waals surface area contributed by atoms with Crippen LogP contribution in [0.4, 0.5) is 14.4 Å². The van der Waals surface area contributed by atoms with Crippen LogP contribution in [-0.4, -0.2) is 53.6 Å². The third kappa shape index (κ3) is 11.8. The smallest absolute Gasteiger partial charge is 0.428 e. The summed E-state index contributed by atoms with van der Waals surface area (Å²) in [4.78, 5) is 38.2. The van der Waals surface area contributed by atoms with Crippen molar-refractivity contribution in [3.05, 3.63) is 72.8 Å². The molecule has 3 aromatic carbocycles. The van der Waals surface area contributed by atoms with Gasteiger partial charge in [0.1, 0.15) is 40.3 Å². The largest absolute Gasteiger partial charge is 0.514 e. The molecule has 0 aliphatic rings. The van der Waals surface area contributed by atoms with Crippen LogP contribution in [0.5, 0.6) is 17.2 Å². The highest BCUT2D eigenvalue weighted by Gasteiger charge is 2.42. The van der Waals surface area contributed by atoms with Crippen LogP contribution >= 0.6 is 10.3 Å². The summed E-state index contributed by atoms with van der Waals surface area (Å²) >= 11 is 0. The lowest BCUT2D eigenvalue weighted by Gasteiger charge is -2.34. The summed E-state index contributed by atoms with van der Waals surface area (Å²) in [6.07, 6.45) is -1.74. The van der Waals surface area contributed by atoms with Crippen LogP contribution in [0.3, 0.4) is 0 Å². The van der Waals surface area contributed by atoms with Crippen molar-refractivity contribution >= 4 is 38.9 Å². The minimum atomic E-state index is -4.03. The Morgan fingerprint density at radius 2 is 0.708 bits per heavy atom. The monoisotopic (exact) mass is 707 g/mol. The minimum Gasteiger partial charge on any atom is -0.428 e. The van der Waals surface area contributed by atoms with Crippen LogP contribution in [0.15, 0.2) is 87.5 Å². The molecule has 0 aliphatic carbocycles. The van der Waals surface area contributed by atoms with E-state index in [2.05, 4.69) is 3.63 Å². The van der Waals surface area contributed by atoms with Crippen molar-refractivity contribution < 1.29 is 54.9 Å². The summed E-state index contributed by atoms with van der Waals surface area (Å²) in [5.41, 5.74) is -2.32. The van der Waals surface area contributed by atoms with Crippen LogP contribution in [0, 0.1) is 0 Å². The van der Waals surface area contributed by atoms with Crippen molar-refractivity contribution in [2.45, 2.75) is 93.8 Å². The van der Waals surface area contributed by atoms with E-state index in [1.54, 1.807) is 98.7 Å². The van der Waals surface area contributed by atoms with E-state index in [0.29, 0.717) is 14.7 Å². The zero-order valence-corrected chi connectivity index (χ0v) is 30.3. The Kier molecular flexibility index (Phi) is 11.5. The van der Waals surface area contributed by atoms with Gasteiger partial charge in [0.2, 0.25) is 0 Å². The van der Waals surface area contributed by atoms with Crippen molar-refractivity contribution in [3.8, 4) is 17.2 Å². The molecule has 0 spiro atoms. The van der Waals surface area contributed by atoms with E-state index in [9.17, 15) is 22.8 Å². The van der Waals surface area contributed by atoms with Gasteiger partial charge >= 0.3 is 28.6 Å². The number of rotatable bonds is 8. The molecule has 0 radical (unpaired) electrons. The first kappa shape index (κ1) is 38.2. The molecule has 0 amide bonds. The molecular weight excluding hydrogens is 664 g/mol. The SMILES string of the molecule is CC(C)(C)OC(=O)Oc1ccc(S([OH+]S(C)(=O)=O)(c2ccc(OC(=O)OC(C)(C)C)cc2)c2ccc(OC(=O)OC(C)(C)C)cc2)cc1. The molecule has 0 heterocycles. The lowest BCUT2D eigenvalue weighted by molar-refractivity contribution is 0.0193. The van der Waals surface area contributed by atoms with Crippen LogP contribution in [0.2, 0.25) is 0 Å². The second-order valence-electron chi connectivity index (χ2n) is 13.5. The molecule has 0 unspecified atom stereocenters. The molecule has 0 aliphatic heterocycles. The van der Waals surface area contributed by atoms with E-state index in [1.807, 2.05) is 0 Å². The topological polar surface area (TPSA) is 154 Å². The average molecular weight is 708 g/mol. The minimum absolute atomic E-state index is 0.155. The first-order valence-electron chi connectivity index (χ1n) is 14.7. The van der Waals surface area contributed by atoms with Gasteiger partial charge in [0.05, 0.1) is 25.0 Å². The molecule has 0 aromatic heterocycles. The molecule has 1 N–H and O–H groups in total. The van der Waals surface area contributed by atoms with Gasteiger partial charge in [-0.3, -0.25) is 3.63 Å². The second kappa shape index (κ2) is 14.5. The highest BCUT2D eigenvalue weighted by atomic mass is 32.3. The highest BCUT2D eigenvalue weighted by molar-refractivity contribution is 8.32. The number of carbonyl (C=O) groups excluding carboxylic acids is 3. The normalized spacial score (nSPS) is 12.8. The molecule has 0 saturated carbocycles. The van der Waals surface area contributed by atoms with Gasteiger partial charge in [-0.1, -0.05) is 0 Å². The van der Waals surface area contributed by atoms with Crippen molar-refractivity contribution in [2.24, 2.45) is 0 Å². The lowest BCUT2D eigenvalue weighted by Crippen LogP contribution is -2.26. The molecule has 0 fully saturated rings. The predicted octanol–water partition coefficient (Wildman–Crippen LogP) is 8.88. The summed E-state index contributed by atoms with van der Waals surface area (Å²) in [6.45, 7) is 15.3. The third-order valence-electron chi connectivity index (χ3n) is 5.51. The summed E-state index contributed by atoms with van der Waals surface area (Å²) < 4.78 is 62.1. The van der Waals surface area contributed by atoms with E-state index in [4.69, 9.17) is 28.4 Å². The molecular formula is C34H43O12S2+. The van der Waals surface area contributed by atoms with Gasteiger partial charge in [-0.15, -0.1) is 0 Å². The van der Waals surface area contributed by atoms with Gasteiger partial charge in [-0.05, 0) is 135 Å². The summed E-state index contributed by atoms with van der Waals surface area (Å²) in [5.74, 6) is 0.466. The maximum atomic E-state index is 13.0. The molecule has 3 rings (SSSR count). The molecule has 48 heavy (non-hydrogen) atoms. The van der Waals surface area contributed by atoms with Crippen LogP contribution in [0.25, 0.3) is 0 Å². The van der Waals surface area contributed by atoms with Crippen molar-refractivity contribution in [1.82, 2.24) is 0 Å². The highest BCUT2D eigenvalue weighted by Crippen LogP contribution is 2.68. The fourth-order valence-electron chi connectivity index (χ4n) is 3.96. The Bertz CT molecular complexity index is 1520. The van der Waals surface area contributed by atoms with Crippen molar-refractivity contribution in [1.29, 1.82) is 0 Å². The Morgan fingerprint density at radius 1 is 0.479 bits per heavy atom. The number of ether oxygens (including phenoxy) is 6. The Morgan fingerprint density at radius 3 is 0.896 bits per heavy atom.